The normalized spacial score (nSPS) is 15.2. The summed E-state index contributed by atoms with van der Waals surface area (Å²) in [6.07, 6.45) is 2.66. The van der Waals surface area contributed by atoms with E-state index < -0.39 is 18.4 Å². The zero-order valence-electron chi connectivity index (χ0n) is 13.9. The SMILES string of the molecule is COc1cc(C=C2SC(=S)N(CC(=O)O)C2=O)ccc1OCCCC#N. The summed E-state index contributed by atoms with van der Waals surface area (Å²) in [4.78, 5) is 24.5. The molecule has 0 spiro atoms. The second kappa shape index (κ2) is 9.22. The highest BCUT2D eigenvalue weighted by Gasteiger charge is 2.33. The fraction of sp³-hybridized carbons (Fsp3) is 0.294. The maximum absolute atomic E-state index is 12.3. The average Bonchev–Trinajstić information content (AvgIpc) is 2.86. The van der Waals surface area contributed by atoms with E-state index in [0.29, 0.717) is 41.4 Å². The van der Waals surface area contributed by atoms with Gasteiger partial charge in [-0.05, 0) is 30.2 Å². The number of benzene rings is 1. The smallest absolute Gasteiger partial charge is 0.323 e. The van der Waals surface area contributed by atoms with Gasteiger partial charge in [0.05, 0.1) is 24.7 Å². The summed E-state index contributed by atoms with van der Waals surface area (Å²) in [6, 6.07) is 7.24. The van der Waals surface area contributed by atoms with E-state index >= 15 is 0 Å². The van der Waals surface area contributed by atoms with Gasteiger partial charge in [0.25, 0.3) is 5.91 Å². The molecule has 136 valence electrons. The van der Waals surface area contributed by atoms with Crippen LogP contribution in [0, 0.1) is 11.3 Å². The molecule has 0 unspecified atom stereocenters. The van der Waals surface area contributed by atoms with Crippen molar-refractivity contribution in [3.8, 4) is 17.6 Å². The van der Waals surface area contributed by atoms with Crippen molar-refractivity contribution in [1.29, 1.82) is 5.26 Å². The minimum Gasteiger partial charge on any atom is -0.493 e. The van der Waals surface area contributed by atoms with Crippen LogP contribution >= 0.6 is 24.0 Å². The van der Waals surface area contributed by atoms with Gasteiger partial charge in [-0.25, -0.2) is 0 Å². The molecule has 9 heteroatoms. The number of thiocarbonyl (C=S) groups is 1. The van der Waals surface area contributed by atoms with Gasteiger partial charge in [-0.15, -0.1) is 0 Å². The van der Waals surface area contributed by atoms with E-state index in [9.17, 15) is 9.59 Å². The quantitative estimate of drug-likeness (QED) is 0.409. The number of hydrogen-bond acceptors (Lipinski definition) is 7. The number of carbonyl (C=O) groups excluding carboxylic acids is 1. The van der Waals surface area contributed by atoms with E-state index in [2.05, 4.69) is 6.07 Å². The van der Waals surface area contributed by atoms with Crippen molar-refractivity contribution in [3.63, 3.8) is 0 Å². The van der Waals surface area contributed by atoms with E-state index in [0.717, 1.165) is 16.7 Å². The summed E-state index contributed by atoms with van der Waals surface area (Å²) >= 11 is 6.12. The number of hydrogen-bond donors (Lipinski definition) is 1. The van der Waals surface area contributed by atoms with Crippen molar-refractivity contribution in [3.05, 3.63) is 28.7 Å². The van der Waals surface area contributed by atoms with Crippen LogP contribution in [0.1, 0.15) is 18.4 Å². The van der Waals surface area contributed by atoms with E-state index in [1.165, 1.54) is 7.11 Å². The van der Waals surface area contributed by atoms with Crippen LogP contribution in [0.25, 0.3) is 6.08 Å². The maximum atomic E-state index is 12.3. The van der Waals surface area contributed by atoms with Crippen LogP contribution in [0.3, 0.4) is 0 Å². The molecule has 2 rings (SSSR count). The summed E-state index contributed by atoms with van der Waals surface area (Å²) in [5, 5.41) is 17.4. The van der Waals surface area contributed by atoms with Crippen LogP contribution in [0.4, 0.5) is 0 Å². The van der Waals surface area contributed by atoms with Crippen LogP contribution in [0.15, 0.2) is 23.1 Å². The van der Waals surface area contributed by atoms with Gasteiger partial charge in [0.1, 0.15) is 10.9 Å². The van der Waals surface area contributed by atoms with Crippen molar-refractivity contribution in [1.82, 2.24) is 4.90 Å². The fourth-order valence-electron chi connectivity index (χ4n) is 2.15. The van der Waals surface area contributed by atoms with Gasteiger partial charge in [-0.2, -0.15) is 5.26 Å². The summed E-state index contributed by atoms with van der Waals surface area (Å²) in [5.41, 5.74) is 0.696. The molecule has 1 saturated heterocycles. The summed E-state index contributed by atoms with van der Waals surface area (Å²) in [6.45, 7) is -0.0576. The molecule has 0 saturated carbocycles. The Kier molecular flexibility index (Phi) is 7.00. The predicted molar refractivity (Wildman–Crippen MR) is 101 cm³/mol. The highest BCUT2D eigenvalue weighted by Crippen LogP contribution is 2.34. The van der Waals surface area contributed by atoms with E-state index in [4.69, 9.17) is 32.1 Å². The number of methoxy groups -OCH3 is 1. The Morgan fingerprint density at radius 3 is 2.88 bits per heavy atom. The van der Waals surface area contributed by atoms with Crippen LogP contribution in [0.5, 0.6) is 11.5 Å². The van der Waals surface area contributed by atoms with Gasteiger partial charge in [-0.3, -0.25) is 14.5 Å². The molecule has 0 aliphatic carbocycles. The molecule has 1 aliphatic rings. The lowest BCUT2D eigenvalue weighted by Crippen LogP contribution is -2.33. The first-order valence-electron chi connectivity index (χ1n) is 7.61. The minimum atomic E-state index is -1.12. The van der Waals surface area contributed by atoms with Crippen LogP contribution < -0.4 is 9.47 Å². The van der Waals surface area contributed by atoms with Crippen LogP contribution in [-0.2, 0) is 9.59 Å². The molecule has 1 amide bonds. The fourth-order valence-corrected chi connectivity index (χ4v) is 3.40. The third-order valence-electron chi connectivity index (χ3n) is 3.34. The van der Waals surface area contributed by atoms with E-state index in [-0.39, 0.29) is 4.32 Å². The molecular formula is C17H16N2O5S2. The average molecular weight is 392 g/mol. The van der Waals surface area contributed by atoms with Crippen molar-refractivity contribution in [2.24, 2.45) is 0 Å². The first kappa shape index (κ1) is 19.8. The Hall–Kier alpha value is -2.57. The molecule has 0 atom stereocenters. The summed E-state index contributed by atoms with van der Waals surface area (Å²) < 4.78 is 11.1. The molecule has 26 heavy (non-hydrogen) atoms. The molecule has 1 fully saturated rings. The summed E-state index contributed by atoms with van der Waals surface area (Å²) in [7, 11) is 1.51. The van der Waals surface area contributed by atoms with Crippen molar-refractivity contribution in [2.75, 3.05) is 20.3 Å². The zero-order chi connectivity index (χ0) is 19.1. The van der Waals surface area contributed by atoms with Gasteiger partial charge in [0.2, 0.25) is 0 Å². The number of carboxylic acids is 1. The number of nitrogens with zero attached hydrogens (tertiary/aromatic N) is 2. The zero-order valence-corrected chi connectivity index (χ0v) is 15.6. The highest BCUT2D eigenvalue weighted by atomic mass is 32.2. The Bertz CT molecular complexity index is 801. The number of carbonyl (C=O) groups is 2. The third-order valence-corrected chi connectivity index (χ3v) is 4.72. The van der Waals surface area contributed by atoms with Gasteiger partial charge < -0.3 is 14.6 Å². The topological polar surface area (TPSA) is 99.9 Å². The third kappa shape index (κ3) is 4.97. The van der Waals surface area contributed by atoms with Gasteiger partial charge in [0.15, 0.2) is 11.5 Å². The monoisotopic (exact) mass is 392 g/mol. The number of unbranched alkanes of at least 4 members (excludes halogenated alkanes) is 1. The molecule has 7 nitrogen and oxygen atoms in total. The molecule has 1 aromatic rings. The lowest BCUT2D eigenvalue weighted by atomic mass is 10.2. The van der Waals surface area contributed by atoms with Crippen molar-refractivity contribution in [2.45, 2.75) is 12.8 Å². The summed E-state index contributed by atoms with van der Waals surface area (Å²) in [5.74, 6) is -0.516. The Balaban J connectivity index is 2.15. The number of nitriles is 1. The van der Waals surface area contributed by atoms with Gasteiger partial charge >= 0.3 is 5.97 Å². The molecule has 0 bridgehead atoms. The number of aliphatic carboxylic acids is 1. The maximum Gasteiger partial charge on any atom is 0.323 e. The standard InChI is InChI=1S/C17H16N2O5S2/c1-23-13-8-11(4-5-12(13)24-7-3-2-6-18)9-14-16(22)19(10-15(20)21)17(25)26-14/h4-5,8-9H,2-3,7,10H2,1H3,(H,20,21). The lowest BCUT2D eigenvalue weighted by Gasteiger charge is -2.11. The molecule has 0 radical (unpaired) electrons. The second-order valence-electron chi connectivity index (χ2n) is 5.18. The van der Waals surface area contributed by atoms with Crippen molar-refractivity contribution >= 4 is 46.3 Å². The Labute approximate surface area is 160 Å². The van der Waals surface area contributed by atoms with Crippen LogP contribution in [-0.4, -0.2) is 46.5 Å². The molecule has 1 aromatic carbocycles. The van der Waals surface area contributed by atoms with Crippen LogP contribution in [0.2, 0.25) is 0 Å². The number of thioether (sulfide) groups is 1. The number of carboxylic acid groups (broad SMARTS) is 1. The van der Waals surface area contributed by atoms with Gasteiger partial charge in [-0.1, -0.05) is 30.0 Å². The first-order chi connectivity index (χ1) is 12.5. The number of rotatable bonds is 8. The molecule has 0 aromatic heterocycles. The van der Waals surface area contributed by atoms with E-state index in [1.54, 1.807) is 24.3 Å². The molecule has 1 N–H and O–H groups in total. The lowest BCUT2D eigenvalue weighted by molar-refractivity contribution is -0.140. The van der Waals surface area contributed by atoms with Crippen molar-refractivity contribution < 1.29 is 24.2 Å². The molecule has 1 aliphatic heterocycles. The number of amides is 1. The predicted octanol–water partition coefficient (Wildman–Crippen LogP) is 2.66. The van der Waals surface area contributed by atoms with E-state index in [1.807, 2.05) is 0 Å². The highest BCUT2D eigenvalue weighted by molar-refractivity contribution is 8.26. The minimum absolute atomic E-state index is 0.216. The second-order valence-corrected chi connectivity index (χ2v) is 6.86. The Morgan fingerprint density at radius 2 is 2.23 bits per heavy atom. The largest absolute Gasteiger partial charge is 0.493 e. The Morgan fingerprint density at radius 1 is 1.46 bits per heavy atom. The first-order valence-corrected chi connectivity index (χ1v) is 8.83. The van der Waals surface area contributed by atoms with Gasteiger partial charge in [0, 0.05) is 6.42 Å². The molecular weight excluding hydrogens is 376 g/mol. The number of ether oxygens (including phenoxy) is 2. The molecule has 1 heterocycles.